The smallest absolute Gasteiger partial charge is 0.251 e. The van der Waals surface area contributed by atoms with Crippen molar-refractivity contribution < 1.29 is 19.1 Å². The first-order valence-electron chi connectivity index (χ1n) is 10.1. The Balaban J connectivity index is 1.61. The highest BCUT2D eigenvalue weighted by molar-refractivity contribution is 6.22. The van der Waals surface area contributed by atoms with Crippen LogP contribution in [-0.4, -0.2) is 48.9 Å². The van der Waals surface area contributed by atoms with Crippen molar-refractivity contribution in [1.82, 2.24) is 4.90 Å². The van der Waals surface area contributed by atoms with Crippen molar-refractivity contribution in [3.63, 3.8) is 0 Å². The Morgan fingerprint density at radius 1 is 1.13 bits per heavy atom. The Kier molecular flexibility index (Phi) is 6.84. The van der Waals surface area contributed by atoms with E-state index < -0.39 is 6.04 Å². The van der Waals surface area contributed by atoms with Crippen LogP contribution in [-0.2, 0) is 14.4 Å². The van der Waals surface area contributed by atoms with Gasteiger partial charge in [-0.2, -0.15) is 0 Å². The van der Waals surface area contributed by atoms with Crippen LogP contribution in [0.2, 0.25) is 0 Å². The van der Waals surface area contributed by atoms with Crippen LogP contribution < -0.4 is 15.0 Å². The summed E-state index contributed by atoms with van der Waals surface area (Å²) in [6, 6.07) is 13.7. The van der Waals surface area contributed by atoms with E-state index in [1.54, 1.807) is 36.2 Å². The van der Waals surface area contributed by atoms with Gasteiger partial charge in [-0.1, -0.05) is 24.6 Å². The number of nitrogens with one attached hydrogen (secondary N) is 1. The van der Waals surface area contributed by atoms with E-state index in [1.165, 1.54) is 4.90 Å². The fraction of sp³-hybridized carbons (Fsp3) is 0.348. The molecule has 1 atom stereocenters. The molecular weight excluding hydrogens is 382 g/mol. The van der Waals surface area contributed by atoms with Gasteiger partial charge < -0.3 is 10.1 Å². The number of nitrogens with zero attached hydrogens (tertiary/aromatic N) is 2. The number of amides is 3. The Morgan fingerprint density at radius 3 is 2.43 bits per heavy atom. The average molecular weight is 409 g/mol. The van der Waals surface area contributed by atoms with Gasteiger partial charge in [-0.05, 0) is 56.8 Å². The maximum absolute atomic E-state index is 12.9. The molecule has 30 heavy (non-hydrogen) atoms. The lowest BCUT2D eigenvalue weighted by atomic mass is 10.2. The van der Waals surface area contributed by atoms with Crippen molar-refractivity contribution >= 4 is 29.1 Å². The van der Waals surface area contributed by atoms with Gasteiger partial charge >= 0.3 is 0 Å². The van der Waals surface area contributed by atoms with Gasteiger partial charge in [0.2, 0.25) is 11.8 Å². The molecule has 1 N–H and O–H groups in total. The van der Waals surface area contributed by atoms with Crippen LogP contribution >= 0.6 is 0 Å². The van der Waals surface area contributed by atoms with Crippen molar-refractivity contribution in [1.29, 1.82) is 0 Å². The first kappa shape index (κ1) is 21.5. The van der Waals surface area contributed by atoms with Gasteiger partial charge in [0, 0.05) is 5.69 Å². The number of hydrogen-bond acceptors (Lipinski definition) is 5. The molecule has 0 aromatic heterocycles. The number of aryl methyl sites for hydroxylation is 1. The third kappa shape index (κ3) is 5.04. The van der Waals surface area contributed by atoms with Crippen LogP contribution in [0.5, 0.6) is 5.75 Å². The van der Waals surface area contributed by atoms with E-state index in [4.69, 9.17) is 4.74 Å². The molecule has 1 saturated heterocycles. The van der Waals surface area contributed by atoms with Gasteiger partial charge in [0.05, 0.1) is 31.3 Å². The number of ether oxygens (including phenoxy) is 1. The predicted octanol–water partition coefficient (Wildman–Crippen LogP) is 2.99. The predicted molar refractivity (Wildman–Crippen MR) is 116 cm³/mol. The average Bonchev–Trinajstić information content (AvgIpc) is 3.02. The number of imide groups is 1. The zero-order valence-corrected chi connectivity index (χ0v) is 17.6. The van der Waals surface area contributed by atoms with E-state index in [9.17, 15) is 14.4 Å². The summed E-state index contributed by atoms with van der Waals surface area (Å²) in [6.07, 6.45) is 0.942. The first-order chi connectivity index (χ1) is 14.4. The van der Waals surface area contributed by atoms with Gasteiger partial charge in [-0.15, -0.1) is 0 Å². The second-order valence-corrected chi connectivity index (χ2v) is 7.46. The van der Waals surface area contributed by atoms with Crippen molar-refractivity contribution in [2.45, 2.75) is 32.7 Å². The molecule has 0 unspecified atom stereocenters. The van der Waals surface area contributed by atoms with Crippen LogP contribution in [0.4, 0.5) is 11.4 Å². The molecule has 0 spiro atoms. The highest BCUT2D eigenvalue weighted by atomic mass is 16.5. The van der Waals surface area contributed by atoms with Gasteiger partial charge in [0.15, 0.2) is 0 Å². The fourth-order valence-electron chi connectivity index (χ4n) is 3.32. The molecule has 1 heterocycles. The van der Waals surface area contributed by atoms with Crippen LogP contribution in [0.25, 0.3) is 0 Å². The minimum atomic E-state index is -0.669. The lowest BCUT2D eigenvalue weighted by molar-refractivity contribution is -0.123. The van der Waals surface area contributed by atoms with Gasteiger partial charge in [-0.25, -0.2) is 4.90 Å². The molecule has 0 saturated carbocycles. The number of likely N-dealkylation sites (N-methyl/N-ethyl adjacent to an activating group) is 1. The van der Waals surface area contributed by atoms with Crippen LogP contribution in [0.3, 0.4) is 0 Å². The Hall–Kier alpha value is -3.19. The molecule has 2 aromatic carbocycles. The molecule has 3 rings (SSSR count). The number of rotatable bonds is 8. The fourth-order valence-corrected chi connectivity index (χ4v) is 3.32. The van der Waals surface area contributed by atoms with Crippen LogP contribution in [0, 0.1) is 6.92 Å². The summed E-state index contributed by atoms with van der Waals surface area (Å²) in [4.78, 5) is 40.6. The summed E-state index contributed by atoms with van der Waals surface area (Å²) in [6.45, 7) is 4.61. The van der Waals surface area contributed by atoms with E-state index in [0.29, 0.717) is 23.7 Å². The number of hydrogen-bond donors (Lipinski definition) is 1. The summed E-state index contributed by atoms with van der Waals surface area (Å²) in [5.74, 6) is -0.149. The molecule has 0 bridgehead atoms. The molecular formula is C23H27N3O4. The number of carbonyl (C=O) groups is 3. The standard InChI is InChI=1S/C23H27N3O4/c1-4-13-30-19-11-9-18(10-12-19)26-22(28)14-20(23(26)29)25(3)15-21(27)24-17-7-5-16(2)6-8-17/h5-12,20H,4,13-15H2,1-3H3,(H,24,27)/t20-/m1/s1. The van der Waals surface area contributed by atoms with Crippen molar-refractivity contribution in [2.24, 2.45) is 0 Å². The van der Waals surface area contributed by atoms with E-state index in [0.717, 1.165) is 12.0 Å². The minimum absolute atomic E-state index is 0.00913. The summed E-state index contributed by atoms with van der Waals surface area (Å²) >= 11 is 0. The first-order valence-corrected chi connectivity index (χ1v) is 10.1. The zero-order chi connectivity index (χ0) is 21.7. The second-order valence-electron chi connectivity index (χ2n) is 7.46. The number of carbonyl (C=O) groups excluding carboxylic acids is 3. The van der Waals surface area contributed by atoms with Gasteiger partial charge in [0.1, 0.15) is 5.75 Å². The molecule has 2 aromatic rings. The largest absolute Gasteiger partial charge is 0.494 e. The normalized spacial score (nSPS) is 16.3. The van der Waals surface area contributed by atoms with E-state index in [1.807, 2.05) is 38.1 Å². The Bertz CT molecular complexity index is 909. The van der Waals surface area contributed by atoms with E-state index in [-0.39, 0.29) is 30.7 Å². The SMILES string of the molecule is CCCOc1ccc(N2C(=O)C[C@@H](N(C)CC(=O)Nc3ccc(C)cc3)C2=O)cc1. The van der Waals surface area contributed by atoms with Crippen molar-refractivity contribution in [3.8, 4) is 5.75 Å². The van der Waals surface area contributed by atoms with Gasteiger partial charge in [-0.3, -0.25) is 19.3 Å². The van der Waals surface area contributed by atoms with Crippen LogP contribution in [0.1, 0.15) is 25.3 Å². The molecule has 1 fully saturated rings. The number of anilines is 2. The quantitative estimate of drug-likeness (QED) is 0.678. The van der Waals surface area contributed by atoms with Crippen molar-refractivity contribution in [2.75, 3.05) is 30.4 Å². The zero-order valence-electron chi connectivity index (χ0n) is 17.6. The maximum Gasteiger partial charge on any atom is 0.251 e. The minimum Gasteiger partial charge on any atom is -0.494 e. The third-order valence-electron chi connectivity index (χ3n) is 4.95. The topological polar surface area (TPSA) is 79.0 Å². The Labute approximate surface area is 176 Å². The van der Waals surface area contributed by atoms with Crippen molar-refractivity contribution in [3.05, 3.63) is 54.1 Å². The second kappa shape index (κ2) is 9.54. The molecule has 0 radical (unpaired) electrons. The lowest BCUT2D eigenvalue weighted by Gasteiger charge is -2.22. The summed E-state index contributed by atoms with van der Waals surface area (Å²) < 4.78 is 5.54. The summed E-state index contributed by atoms with van der Waals surface area (Å²) in [7, 11) is 1.68. The molecule has 7 heteroatoms. The molecule has 158 valence electrons. The molecule has 0 aliphatic carbocycles. The molecule has 1 aliphatic rings. The third-order valence-corrected chi connectivity index (χ3v) is 4.95. The summed E-state index contributed by atoms with van der Waals surface area (Å²) in [5, 5.41) is 2.81. The highest BCUT2D eigenvalue weighted by Gasteiger charge is 2.42. The van der Waals surface area contributed by atoms with Crippen LogP contribution in [0.15, 0.2) is 48.5 Å². The van der Waals surface area contributed by atoms with Gasteiger partial charge in [0.25, 0.3) is 5.91 Å². The monoisotopic (exact) mass is 409 g/mol. The van der Waals surface area contributed by atoms with E-state index in [2.05, 4.69) is 5.32 Å². The molecule has 7 nitrogen and oxygen atoms in total. The number of benzene rings is 2. The maximum atomic E-state index is 12.9. The Morgan fingerprint density at radius 2 is 1.80 bits per heavy atom. The molecule has 1 aliphatic heterocycles. The summed E-state index contributed by atoms with van der Waals surface area (Å²) in [5.41, 5.74) is 2.30. The molecule has 3 amide bonds. The lowest BCUT2D eigenvalue weighted by Crippen LogP contribution is -2.43. The highest BCUT2D eigenvalue weighted by Crippen LogP contribution is 2.27. The van der Waals surface area contributed by atoms with E-state index >= 15 is 0 Å².